The quantitative estimate of drug-likeness (QED) is 0.0668. The maximum atomic E-state index is 2.59. The third-order valence-corrected chi connectivity index (χ3v) is 35.0. The second-order valence-electron chi connectivity index (χ2n) is 28.0. The minimum absolute atomic E-state index is 0.132. The first-order valence-corrected chi connectivity index (χ1v) is 41.7. The molecule has 0 aromatic heterocycles. The zero-order valence-corrected chi connectivity index (χ0v) is 59.2. The molecule has 94 heavy (non-hydrogen) atoms. The predicted molar refractivity (Wildman–Crippen MR) is 412 cm³/mol. The molecule has 0 N–H and O–H groups in total. The first-order chi connectivity index (χ1) is 46.2. The molecule has 0 nitrogen and oxygen atoms in total. The summed E-state index contributed by atoms with van der Waals surface area (Å²) in [6.45, 7) is 12.4. The molecule has 4 saturated heterocycles. The average Bonchev–Trinajstić information content (AvgIpc) is 1.40. The standard InChI is InChI=1S/C72H64P2.C18H28P2/c1-55-51-73(52-65(55)70(56-31-11-2-12-32-56,57-33-13-3-14-34-57)58-35-15-4-16-36-58)68-49-29-30-50-69(68)74-53-66(71(59-37-17-5-18-38-59,60-39-19-6-20-40-60)61-41-21-7-22-42-61)67(54-74)72(62-43-23-8-24-44-62,63-45-25-9-26-46-63)64-47-27-10-28-48-64;1-13-9-19(10-14(13)2)17-7-5-6-8-18(17)20-11-15(3)16(4)12-20/h2-50,55,65-67H,51-54H2,1H3;5-8,13-16H,9-12H2,1-4H3/t55-,65-,66-,67-,73?;13-,14-,15-,16-/m00/s1. The van der Waals surface area contributed by atoms with Crippen LogP contribution in [0.15, 0.2) is 322 Å². The minimum atomic E-state index is -0.698. The van der Waals surface area contributed by atoms with E-state index >= 15 is 0 Å². The molecule has 4 heteroatoms. The Bertz CT molecular complexity index is 3680. The molecule has 0 bridgehead atoms. The molecule has 0 aliphatic carbocycles. The van der Waals surface area contributed by atoms with Gasteiger partial charge in [0.1, 0.15) is 0 Å². The van der Waals surface area contributed by atoms with E-state index in [0.717, 1.165) is 36.0 Å². The molecule has 1 unspecified atom stereocenters. The molecule has 9 atom stereocenters. The molecule has 4 aliphatic heterocycles. The first kappa shape index (κ1) is 64.5. The molecule has 472 valence electrons. The summed E-state index contributed by atoms with van der Waals surface area (Å²) in [5, 5.41) is 6.84. The number of benzene rings is 11. The van der Waals surface area contributed by atoms with Gasteiger partial charge in [-0.3, -0.25) is 0 Å². The summed E-state index contributed by atoms with van der Waals surface area (Å²) >= 11 is 0. The molecule has 4 fully saturated rings. The summed E-state index contributed by atoms with van der Waals surface area (Å²) in [6, 6.07) is 124. The average molecular weight is 1300 g/mol. The molecule has 0 amide bonds. The van der Waals surface area contributed by atoms with Crippen molar-refractivity contribution in [2.75, 3.05) is 49.3 Å². The molecule has 0 saturated carbocycles. The van der Waals surface area contributed by atoms with E-state index in [1.54, 1.807) is 21.2 Å². The van der Waals surface area contributed by atoms with Gasteiger partial charge in [-0.05, 0) is 168 Å². The van der Waals surface area contributed by atoms with Crippen molar-refractivity contribution in [2.24, 2.45) is 47.3 Å². The van der Waals surface area contributed by atoms with Crippen LogP contribution in [0, 0.1) is 47.3 Å². The highest BCUT2D eigenvalue weighted by atomic mass is 31.1. The molecular weight excluding hydrogens is 1200 g/mol. The fourth-order valence-corrected chi connectivity index (χ4v) is 32.9. The van der Waals surface area contributed by atoms with Crippen molar-refractivity contribution in [2.45, 2.75) is 50.9 Å². The van der Waals surface area contributed by atoms with Crippen molar-refractivity contribution >= 4 is 52.9 Å². The Labute approximate surface area is 568 Å². The fraction of sp³-hybridized carbons (Fsp3) is 0.267. The summed E-state index contributed by atoms with van der Waals surface area (Å²) in [5.41, 5.74) is 11.1. The van der Waals surface area contributed by atoms with E-state index in [-0.39, 0.29) is 33.1 Å². The lowest BCUT2D eigenvalue weighted by molar-refractivity contribution is 0.244. The largest absolute Gasteiger partial charge is 0.0741 e. The molecule has 0 spiro atoms. The van der Waals surface area contributed by atoms with Crippen LogP contribution in [-0.4, -0.2) is 49.3 Å². The van der Waals surface area contributed by atoms with Crippen LogP contribution in [0.3, 0.4) is 0 Å². The van der Waals surface area contributed by atoms with Crippen molar-refractivity contribution in [1.29, 1.82) is 0 Å². The topological polar surface area (TPSA) is 0 Å². The molecular formula is C90H92P4. The highest BCUT2D eigenvalue weighted by Gasteiger charge is 2.59. The van der Waals surface area contributed by atoms with E-state index in [1.807, 2.05) is 0 Å². The van der Waals surface area contributed by atoms with Crippen LogP contribution < -0.4 is 21.2 Å². The Hall–Kier alpha value is -6.86. The van der Waals surface area contributed by atoms with E-state index in [2.05, 4.69) is 356 Å². The molecule has 11 aromatic rings. The van der Waals surface area contributed by atoms with Crippen LogP contribution in [0.2, 0.25) is 0 Å². The lowest BCUT2D eigenvalue weighted by atomic mass is 9.51. The third kappa shape index (κ3) is 12.1. The maximum absolute atomic E-state index is 2.59. The monoisotopic (exact) mass is 1300 g/mol. The van der Waals surface area contributed by atoms with Gasteiger partial charge in [-0.25, -0.2) is 0 Å². The van der Waals surface area contributed by atoms with Gasteiger partial charge in [0.25, 0.3) is 0 Å². The van der Waals surface area contributed by atoms with Crippen molar-refractivity contribution in [1.82, 2.24) is 0 Å². The van der Waals surface area contributed by atoms with Gasteiger partial charge in [0.05, 0.1) is 0 Å². The Morgan fingerprint density at radius 2 is 0.330 bits per heavy atom. The lowest BCUT2D eigenvalue weighted by Gasteiger charge is -2.50. The van der Waals surface area contributed by atoms with Crippen LogP contribution in [0.5, 0.6) is 0 Å². The third-order valence-electron chi connectivity index (χ3n) is 22.8. The first-order valence-electron chi connectivity index (χ1n) is 34.9. The Kier molecular flexibility index (Phi) is 19.8. The van der Waals surface area contributed by atoms with E-state index in [4.69, 9.17) is 0 Å². The second kappa shape index (κ2) is 28.8. The summed E-state index contributed by atoms with van der Waals surface area (Å²) in [4.78, 5) is 0. The van der Waals surface area contributed by atoms with Gasteiger partial charge >= 0.3 is 0 Å². The number of hydrogen-bond acceptors (Lipinski definition) is 0. The lowest BCUT2D eigenvalue weighted by Crippen LogP contribution is -2.49. The predicted octanol–water partition coefficient (Wildman–Crippen LogP) is 21.0. The molecule has 15 rings (SSSR count). The van der Waals surface area contributed by atoms with Gasteiger partial charge in [0, 0.05) is 16.2 Å². The van der Waals surface area contributed by atoms with Gasteiger partial charge < -0.3 is 0 Å². The van der Waals surface area contributed by atoms with Crippen molar-refractivity contribution in [3.05, 3.63) is 372 Å². The van der Waals surface area contributed by atoms with Crippen molar-refractivity contribution in [3.8, 4) is 0 Å². The highest BCUT2D eigenvalue weighted by Crippen LogP contribution is 2.67. The normalized spacial score (nSPS) is 22.8. The van der Waals surface area contributed by atoms with E-state index in [9.17, 15) is 0 Å². The number of rotatable bonds is 16. The molecule has 11 aromatic carbocycles. The van der Waals surface area contributed by atoms with Gasteiger partial charge in [-0.2, -0.15) is 0 Å². The highest BCUT2D eigenvalue weighted by molar-refractivity contribution is 7.73. The molecule has 4 heterocycles. The Morgan fingerprint density at radius 1 is 0.181 bits per heavy atom. The fourth-order valence-electron chi connectivity index (χ4n) is 18.0. The Morgan fingerprint density at radius 3 is 0.543 bits per heavy atom. The molecule has 4 aliphatic rings. The van der Waals surface area contributed by atoms with Gasteiger partial charge in [-0.1, -0.05) is 388 Å². The van der Waals surface area contributed by atoms with Crippen LogP contribution in [0.1, 0.15) is 84.7 Å². The van der Waals surface area contributed by atoms with Crippen LogP contribution in [-0.2, 0) is 16.2 Å². The van der Waals surface area contributed by atoms with E-state index in [1.165, 1.54) is 87.0 Å². The van der Waals surface area contributed by atoms with E-state index < -0.39 is 26.7 Å². The van der Waals surface area contributed by atoms with Crippen LogP contribution in [0.25, 0.3) is 0 Å². The van der Waals surface area contributed by atoms with Gasteiger partial charge in [-0.15, -0.1) is 0 Å². The SMILES string of the molecule is C[C@H]1CP(c2ccccc2P2C[C@H](C(c3ccccc3)(c3ccccc3)c3ccccc3)[C@@H](C(c3ccccc3)(c3ccccc3)c3ccccc3)C2)C[C@@H]1C(c1ccccc1)(c1ccccc1)c1ccccc1.C[C@H]1CP(c2ccccc2P2C[C@H](C)[C@@H](C)C2)C[C@@H]1C. The van der Waals surface area contributed by atoms with Crippen LogP contribution >= 0.6 is 31.7 Å². The zero-order chi connectivity index (χ0) is 64.1. The second-order valence-corrected chi connectivity index (χ2v) is 37.2. The van der Waals surface area contributed by atoms with Crippen molar-refractivity contribution in [3.63, 3.8) is 0 Å². The van der Waals surface area contributed by atoms with Gasteiger partial charge in [0.2, 0.25) is 0 Å². The Balaban J connectivity index is 0.000000324. The van der Waals surface area contributed by atoms with Crippen molar-refractivity contribution < 1.29 is 0 Å². The smallest absolute Gasteiger partial charge is 0.0486 e. The molecule has 0 radical (unpaired) electrons. The summed E-state index contributed by atoms with van der Waals surface area (Å²) < 4.78 is 0. The van der Waals surface area contributed by atoms with Crippen LogP contribution in [0.4, 0.5) is 0 Å². The minimum Gasteiger partial charge on any atom is -0.0741 e. The summed E-state index contributed by atoms with van der Waals surface area (Å²) in [6.07, 6.45) is 10.5. The van der Waals surface area contributed by atoms with E-state index in [0.29, 0.717) is 11.8 Å². The maximum Gasteiger partial charge on any atom is 0.0486 e. The summed E-state index contributed by atoms with van der Waals surface area (Å²) in [7, 11) is -0.957. The number of hydrogen-bond donors (Lipinski definition) is 0. The van der Waals surface area contributed by atoms with Gasteiger partial charge in [0.15, 0.2) is 0 Å². The zero-order valence-electron chi connectivity index (χ0n) is 55.7. The summed E-state index contributed by atoms with van der Waals surface area (Å²) in [5.74, 6) is 4.99.